The Morgan fingerprint density at radius 2 is 0.393 bits per heavy atom. The Morgan fingerprint density at radius 3 is 0.536 bits per heavy atom. The topological polar surface area (TPSA) is 268 Å². The van der Waals surface area contributed by atoms with Crippen LogP contribution in [0.5, 0.6) is 0 Å². The number of hydrogen-bond donors (Lipinski definition) is 2. The normalized spacial score (nSPS) is 12.0. The molecule has 20 nitrogen and oxygen atoms in total. The van der Waals surface area contributed by atoms with E-state index in [4.69, 9.17) is 47.9 Å². The highest BCUT2D eigenvalue weighted by Crippen LogP contribution is 2.54. The minimum Gasteiger partial charge on any atom is -0.465 e. The Labute approximate surface area is 651 Å². The molecule has 0 saturated heterocycles. The molecular formula is C88H86N4O16Si4. The van der Waals surface area contributed by atoms with Gasteiger partial charge in [-0.1, -0.05) is 196 Å². The summed E-state index contributed by atoms with van der Waals surface area (Å²) < 4.78 is 44.3. The van der Waals surface area contributed by atoms with Gasteiger partial charge >= 0.3 is 47.8 Å². The van der Waals surface area contributed by atoms with E-state index in [1.165, 1.54) is 56.9 Å². The summed E-state index contributed by atoms with van der Waals surface area (Å²) in [4.78, 5) is 138. The standard InChI is InChI=1S/C88H86N4O16Si4/c1-101-81(93)61-37-53-54(38-62(61)82(94)102-2)74-70(46-23-31-50(32-24-46)110(12,13)14)76-57-41-65(85(97)105-5)66(86(98)106-6)42-58(57)78(91-76)72(48-27-35-52(36-28-48)112(18,19)20)80-60-44-68(88(100)108-8)67(87(99)107-7)43-59(60)79(92-80)71(47-25-33-51(34-26-47)111(15,16)17)77-56-40-64(84(96)104-4)63(83(95)103-3)39-55(56)75(90-77)69(73(53)89-74)45-21-29-49(30-22-45)109(9,10)11/h21-44,89,92H,1-20H3. The molecule has 8 bridgehead atoms. The fraction of sp³-hybridized carbons (Fsp3) is 0.227. The molecule has 0 atom stereocenters. The summed E-state index contributed by atoms with van der Waals surface area (Å²) in [6.45, 7) is 26.8. The van der Waals surface area contributed by atoms with Crippen LogP contribution >= 0.6 is 0 Å². The molecule has 1 aliphatic carbocycles. The Hall–Kier alpha value is -12.0. The Morgan fingerprint density at radius 1 is 0.241 bits per heavy atom. The van der Waals surface area contributed by atoms with Gasteiger partial charge in [0.2, 0.25) is 0 Å². The van der Waals surface area contributed by atoms with Crippen molar-refractivity contribution in [2.75, 3.05) is 56.9 Å². The average Bonchev–Trinajstić information content (AvgIpc) is 1.55. The number of carbonyl (C=O) groups excluding carboxylic acids is 8. The number of nitrogens with zero attached hydrogens (tertiary/aromatic N) is 2. The zero-order valence-electron chi connectivity index (χ0n) is 66.3. The summed E-state index contributed by atoms with van der Waals surface area (Å²) in [7, 11) is 1.29. The number of hydrogen-bond acceptors (Lipinski definition) is 18. The van der Waals surface area contributed by atoms with Gasteiger partial charge in [0.1, 0.15) is 0 Å². The number of nitrogens with one attached hydrogen (secondary N) is 2. The lowest BCUT2D eigenvalue weighted by Gasteiger charge is -2.17. The van der Waals surface area contributed by atoms with Crippen LogP contribution in [0.15, 0.2) is 146 Å². The molecule has 4 heterocycles. The maximum atomic E-state index is 14.7. The predicted octanol–water partition coefficient (Wildman–Crippen LogP) is 16.4. The highest BCUT2D eigenvalue weighted by molar-refractivity contribution is 6.90. The van der Waals surface area contributed by atoms with Gasteiger partial charge in [-0.25, -0.2) is 48.3 Å². The van der Waals surface area contributed by atoms with Crippen LogP contribution < -0.4 is 20.7 Å². The van der Waals surface area contributed by atoms with E-state index in [2.05, 4.69) is 137 Å². The van der Waals surface area contributed by atoms with Gasteiger partial charge in [0.25, 0.3) is 0 Å². The molecule has 0 unspecified atom stereocenters. The quantitative estimate of drug-likeness (QED) is 0.0517. The highest BCUT2D eigenvalue weighted by Gasteiger charge is 2.37. The summed E-state index contributed by atoms with van der Waals surface area (Å²) in [5.41, 5.74) is 5.63. The molecule has 10 aromatic rings. The highest BCUT2D eigenvalue weighted by atomic mass is 28.3. The zero-order chi connectivity index (χ0) is 80.9. The van der Waals surface area contributed by atoms with E-state index >= 15 is 0 Å². The number of methoxy groups -OCH3 is 8. The largest absolute Gasteiger partial charge is 0.465 e. The molecule has 0 radical (unpaired) electrons. The molecule has 0 spiro atoms. The fourth-order valence-corrected chi connectivity index (χ4v) is 19.6. The van der Waals surface area contributed by atoms with Gasteiger partial charge in [-0.3, -0.25) is 0 Å². The zero-order valence-corrected chi connectivity index (χ0v) is 70.3. The lowest BCUT2D eigenvalue weighted by molar-refractivity contribution is 0.0555. The van der Waals surface area contributed by atoms with E-state index in [1.807, 2.05) is 48.5 Å². The van der Waals surface area contributed by atoms with E-state index in [1.54, 1.807) is 48.5 Å². The summed E-state index contributed by atoms with van der Waals surface area (Å²) in [5, 5.41) is 5.71. The van der Waals surface area contributed by atoms with Crippen LogP contribution in [0.3, 0.4) is 0 Å². The molecule has 3 aliphatic rings. The van der Waals surface area contributed by atoms with Gasteiger partial charge < -0.3 is 47.9 Å². The Kier molecular flexibility index (Phi) is 20.5. The van der Waals surface area contributed by atoms with Crippen molar-refractivity contribution in [1.29, 1.82) is 0 Å². The molecular weight excluding hydrogens is 1480 g/mol. The van der Waals surface area contributed by atoms with Crippen molar-refractivity contribution in [3.63, 3.8) is 0 Å². The van der Waals surface area contributed by atoms with Gasteiger partial charge in [0.15, 0.2) is 0 Å². The SMILES string of the molecule is COC(=O)c1cc2c(cc1C(=O)OC)-c1nc-2c(-c2ccc([Si](C)(C)C)cc2)c2[nH]c(c(-c3ccc([Si](C)(C)C)cc3)c3nc(c(-c4ccc([Si](C)(C)C)cc4)c4[nH]c(c1-c1ccc([Si](C)(C)C)cc1)c1cc(C(=O)OC)c(C(=O)OC)cc41)-c1cc(C(=O)OC)c(C(=O)OC)cc1-3)c1cc(C(=O)OC)c(C(=O)OC)cc21. The average molecular weight is 1570 g/mol. The van der Waals surface area contributed by atoms with Crippen molar-refractivity contribution >= 4 is 144 Å². The molecule has 2 aromatic heterocycles. The maximum absolute atomic E-state index is 14.7. The number of H-pyrrole nitrogens is 2. The summed E-state index contributed by atoms with van der Waals surface area (Å²) in [6, 6.07) is 44.9. The second-order valence-corrected chi connectivity index (χ2v) is 52.2. The van der Waals surface area contributed by atoms with E-state index in [9.17, 15) is 38.4 Å². The number of aromatic nitrogens is 4. The predicted molar refractivity (Wildman–Crippen MR) is 449 cm³/mol. The molecule has 13 rings (SSSR count). The molecule has 570 valence electrons. The van der Waals surface area contributed by atoms with E-state index in [0.717, 1.165) is 20.7 Å². The van der Waals surface area contributed by atoms with Gasteiger partial charge in [0.05, 0.1) is 179 Å². The van der Waals surface area contributed by atoms with Crippen molar-refractivity contribution in [3.05, 3.63) is 190 Å². The number of esters is 8. The first-order valence-electron chi connectivity index (χ1n) is 36.3. The fourth-order valence-electron chi connectivity index (χ4n) is 14.9. The summed E-state index contributed by atoms with van der Waals surface area (Å²) >= 11 is 0. The molecule has 0 saturated carbocycles. The monoisotopic (exact) mass is 1570 g/mol. The number of carbonyl (C=O) groups is 8. The molecule has 0 amide bonds. The van der Waals surface area contributed by atoms with Crippen LogP contribution in [0.4, 0.5) is 0 Å². The van der Waals surface area contributed by atoms with Crippen LogP contribution in [-0.4, -0.2) is 157 Å². The minimum absolute atomic E-state index is 0.171. The number of benzene rings is 8. The second kappa shape index (κ2) is 29.4. The van der Waals surface area contributed by atoms with Crippen molar-refractivity contribution in [1.82, 2.24) is 19.9 Å². The number of ether oxygens (including phenoxy) is 8. The first-order valence-corrected chi connectivity index (χ1v) is 50.3. The third kappa shape index (κ3) is 13.6. The maximum Gasteiger partial charge on any atom is 0.338 e. The van der Waals surface area contributed by atoms with Crippen molar-refractivity contribution < 1.29 is 76.3 Å². The van der Waals surface area contributed by atoms with Gasteiger partial charge in [-0.05, 0) is 70.8 Å². The molecule has 0 fully saturated rings. The number of rotatable bonds is 16. The van der Waals surface area contributed by atoms with Crippen LogP contribution in [0.25, 0.3) is 133 Å². The lowest BCUT2D eigenvalue weighted by Crippen LogP contribution is -2.37. The number of aromatic amines is 2. The Balaban J connectivity index is 1.49. The molecule has 2 N–H and O–H groups in total. The van der Waals surface area contributed by atoms with Gasteiger partial charge in [-0.2, -0.15) is 0 Å². The minimum atomic E-state index is -2.10. The molecule has 112 heavy (non-hydrogen) atoms. The van der Waals surface area contributed by atoms with Crippen LogP contribution in [-0.2, 0) is 37.9 Å². The van der Waals surface area contributed by atoms with Gasteiger partial charge in [0, 0.05) is 66.1 Å². The summed E-state index contributed by atoms with van der Waals surface area (Å²) in [5.74, 6) is -7.05. The van der Waals surface area contributed by atoms with E-state index < -0.39 is 80.0 Å². The third-order valence-corrected chi connectivity index (χ3v) is 29.3. The van der Waals surface area contributed by atoms with Crippen LogP contribution in [0.2, 0.25) is 78.6 Å². The molecule has 24 heteroatoms. The first-order chi connectivity index (χ1) is 53.0. The molecule has 2 aliphatic heterocycles. The van der Waals surface area contributed by atoms with E-state index in [0.29, 0.717) is 110 Å². The van der Waals surface area contributed by atoms with Crippen LogP contribution in [0, 0.1) is 0 Å². The first kappa shape index (κ1) is 78.2. The molecule has 8 aromatic carbocycles. The van der Waals surface area contributed by atoms with Crippen molar-refractivity contribution in [2.24, 2.45) is 0 Å². The Bertz CT molecular complexity index is 5330. The smallest absolute Gasteiger partial charge is 0.338 e. The van der Waals surface area contributed by atoms with Crippen molar-refractivity contribution in [2.45, 2.75) is 78.6 Å². The van der Waals surface area contributed by atoms with Gasteiger partial charge in [-0.15, -0.1) is 0 Å². The van der Waals surface area contributed by atoms with Crippen LogP contribution in [0.1, 0.15) is 82.9 Å². The van der Waals surface area contributed by atoms with E-state index in [-0.39, 0.29) is 67.3 Å². The second-order valence-electron chi connectivity index (χ2n) is 31.9. The third-order valence-electron chi connectivity index (χ3n) is 21.0. The lowest BCUT2D eigenvalue weighted by atomic mass is 9.89. The summed E-state index contributed by atoms with van der Waals surface area (Å²) in [6.07, 6.45) is 0. The van der Waals surface area contributed by atoms with Crippen molar-refractivity contribution in [3.8, 4) is 89.5 Å².